The molecule has 1 atom stereocenters. The third-order valence-electron chi connectivity index (χ3n) is 3.60. The van der Waals surface area contributed by atoms with Crippen molar-refractivity contribution in [3.63, 3.8) is 0 Å². The first kappa shape index (κ1) is 16.7. The zero-order valence-electron chi connectivity index (χ0n) is 12.4. The molecule has 3 nitrogen and oxygen atoms in total. The van der Waals surface area contributed by atoms with Gasteiger partial charge in [-0.25, -0.2) is 4.39 Å². The third-order valence-corrected chi connectivity index (χ3v) is 3.92. The van der Waals surface area contributed by atoms with E-state index in [4.69, 9.17) is 21.4 Å². The van der Waals surface area contributed by atoms with E-state index in [0.29, 0.717) is 11.1 Å². The summed E-state index contributed by atoms with van der Waals surface area (Å²) in [7, 11) is 1.42. The van der Waals surface area contributed by atoms with Crippen LogP contribution in [-0.4, -0.2) is 17.3 Å². The van der Waals surface area contributed by atoms with Crippen molar-refractivity contribution in [2.45, 2.75) is 26.1 Å². The molecule has 22 heavy (non-hydrogen) atoms. The Hall–Kier alpha value is -1.62. The minimum atomic E-state index is -0.828. The number of ether oxygens (including phenoxy) is 1. The Balaban J connectivity index is 2.53. The number of hydrogen-bond donors (Lipinski definition) is 2. The molecule has 0 heterocycles. The van der Waals surface area contributed by atoms with Gasteiger partial charge < -0.3 is 14.9 Å². The van der Waals surface area contributed by atoms with Crippen molar-refractivity contribution in [1.82, 2.24) is 0 Å². The highest BCUT2D eigenvalue weighted by molar-refractivity contribution is 6.31. The van der Waals surface area contributed by atoms with Crippen LogP contribution in [0.4, 0.5) is 4.39 Å². The van der Waals surface area contributed by atoms with Crippen molar-refractivity contribution in [2.75, 3.05) is 7.11 Å². The second-order valence-electron chi connectivity index (χ2n) is 4.99. The summed E-state index contributed by atoms with van der Waals surface area (Å²) in [5.41, 5.74) is 1.93. The number of halogens is 2. The molecule has 0 radical (unpaired) electrons. The first-order valence-electron chi connectivity index (χ1n) is 6.95. The summed E-state index contributed by atoms with van der Waals surface area (Å²) in [5.74, 6) is -0.546. The Morgan fingerprint density at radius 3 is 2.45 bits per heavy atom. The van der Waals surface area contributed by atoms with Crippen molar-refractivity contribution < 1.29 is 19.3 Å². The average Bonchev–Trinajstić information content (AvgIpc) is 2.51. The summed E-state index contributed by atoms with van der Waals surface area (Å²) in [6, 6.07) is 7.83. The lowest BCUT2D eigenvalue weighted by Gasteiger charge is -2.20. The van der Waals surface area contributed by atoms with Gasteiger partial charge in [0.05, 0.1) is 11.6 Å². The number of aryl methyl sites for hydroxylation is 1. The Bertz CT molecular complexity index is 650. The van der Waals surface area contributed by atoms with E-state index < -0.39 is 11.9 Å². The number of benzene rings is 2. The predicted octanol–water partition coefficient (Wildman–Crippen LogP) is 3.98. The number of aromatic hydroxyl groups is 1. The number of phenols is 1. The third kappa shape index (κ3) is 3.24. The van der Waals surface area contributed by atoms with Gasteiger partial charge in [-0.2, -0.15) is 0 Å². The molecule has 0 saturated heterocycles. The van der Waals surface area contributed by atoms with Crippen LogP contribution in [0.2, 0.25) is 5.02 Å². The lowest BCUT2D eigenvalue weighted by Crippen LogP contribution is -2.08. The lowest BCUT2D eigenvalue weighted by molar-refractivity contribution is 0.130. The maximum Gasteiger partial charge on any atom is 0.129 e. The number of aliphatic hydroxyl groups excluding tert-OH is 1. The molecule has 0 aliphatic rings. The first-order valence-corrected chi connectivity index (χ1v) is 7.32. The standard InChI is InChI=1S/C17H18ClFO3/c1-3-10-4-5-12(14(19)7-10)17(22-2)16-13(18)6-11(9-20)8-15(16)21/h4-8,17,20-21H,3,9H2,1-2H3. The molecular weight excluding hydrogens is 307 g/mol. The second kappa shape index (κ2) is 7.09. The molecular formula is C17H18ClFO3. The maximum absolute atomic E-state index is 14.3. The Kier molecular flexibility index (Phi) is 5.40. The highest BCUT2D eigenvalue weighted by atomic mass is 35.5. The van der Waals surface area contributed by atoms with Gasteiger partial charge in [0, 0.05) is 18.2 Å². The van der Waals surface area contributed by atoms with Crippen molar-refractivity contribution in [3.05, 3.63) is 63.4 Å². The quantitative estimate of drug-likeness (QED) is 0.874. The molecule has 2 aromatic carbocycles. The topological polar surface area (TPSA) is 49.7 Å². The molecule has 0 bridgehead atoms. The van der Waals surface area contributed by atoms with E-state index in [0.717, 1.165) is 12.0 Å². The largest absolute Gasteiger partial charge is 0.507 e. The van der Waals surface area contributed by atoms with Crippen molar-refractivity contribution in [3.8, 4) is 5.75 Å². The van der Waals surface area contributed by atoms with Crippen LogP contribution in [0.25, 0.3) is 0 Å². The maximum atomic E-state index is 14.3. The molecule has 0 amide bonds. The summed E-state index contributed by atoms with van der Waals surface area (Å²) in [5, 5.41) is 19.5. The van der Waals surface area contributed by atoms with Crippen LogP contribution in [0.5, 0.6) is 5.75 Å². The minimum absolute atomic E-state index is 0.137. The fraction of sp³-hybridized carbons (Fsp3) is 0.294. The summed E-state index contributed by atoms with van der Waals surface area (Å²) in [4.78, 5) is 0. The van der Waals surface area contributed by atoms with Gasteiger partial charge in [0.15, 0.2) is 0 Å². The number of methoxy groups -OCH3 is 1. The van der Waals surface area contributed by atoms with Crippen LogP contribution < -0.4 is 0 Å². The zero-order chi connectivity index (χ0) is 16.3. The van der Waals surface area contributed by atoms with E-state index in [1.807, 2.05) is 13.0 Å². The molecule has 2 aromatic rings. The van der Waals surface area contributed by atoms with E-state index in [2.05, 4.69) is 0 Å². The van der Waals surface area contributed by atoms with Crippen LogP contribution in [0.1, 0.15) is 35.3 Å². The number of phenolic OH excluding ortho intramolecular Hbond substituents is 1. The fourth-order valence-corrected chi connectivity index (χ4v) is 2.75. The molecule has 0 spiro atoms. The van der Waals surface area contributed by atoms with Crippen LogP contribution in [0, 0.1) is 5.82 Å². The first-order chi connectivity index (χ1) is 10.5. The molecule has 2 rings (SSSR count). The van der Waals surface area contributed by atoms with Gasteiger partial charge in [-0.05, 0) is 35.7 Å². The van der Waals surface area contributed by atoms with E-state index >= 15 is 0 Å². The fourth-order valence-electron chi connectivity index (χ4n) is 2.41. The SMILES string of the molecule is CCc1ccc(C(OC)c2c(O)cc(CO)cc2Cl)c(F)c1. The molecule has 0 saturated carbocycles. The molecule has 5 heteroatoms. The average molecular weight is 325 g/mol. The zero-order valence-corrected chi connectivity index (χ0v) is 13.2. The van der Waals surface area contributed by atoms with Crippen molar-refractivity contribution >= 4 is 11.6 Å². The highest BCUT2D eigenvalue weighted by Crippen LogP contribution is 2.39. The van der Waals surface area contributed by atoms with Crippen LogP contribution in [0.3, 0.4) is 0 Å². The smallest absolute Gasteiger partial charge is 0.129 e. The molecule has 2 N–H and O–H groups in total. The predicted molar refractivity (Wildman–Crippen MR) is 83.7 cm³/mol. The van der Waals surface area contributed by atoms with E-state index in [-0.39, 0.29) is 22.9 Å². The molecule has 0 aliphatic heterocycles. The second-order valence-corrected chi connectivity index (χ2v) is 5.40. The van der Waals surface area contributed by atoms with Gasteiger partial charge in [-0.1, -0.05) is 30.7 Å². The van der Waals surface area contributed by atoms with Crippen LogP contribution >= 0.6 is 11.6 Å². The minimum Gasteiger partial charge on any atom is -0.507 e. The van der Waals surface area contributed by atoms with Gasteiger partial charge in [0.1, 0.15) is 17.7 Å². The molecule has 118 valence electrons. The van der Waals surface area contributed by atoms with Crippen molar-refractivity contribution in [1.29, 1.82) is 0 Å². The Morgan fingerprint density at radius 2 is 1.95 bits per heavy atom. The van der Waals surface area contributed by atoms with Gasteiger partial charge in [-0.15, -0.1) is 0 Å². The van der Waals surface area contributed by atoms with Gasteiger partial charge in [0.25, 0.3) is 0 Å². The summed E-state index contributed by atoms with van der Waals surface area (Å²) in [6.45, 7) is 1.70. The monoisotopic (exact) mass is 324 g/mol. The summed E-state index contributed by atoms with van der Waals surface area (Å²) in [6.07, 6.45) is -0.0994. The summed E-state index contributed by atoms with van der Waals surface area (Å²) < 4.78 is 19.7. The van der Waals surface area contributed by atoms with Crippen molar-refractivity contribution in [2.24, 2.45) is 0 Å². The molecule has 0 fully saturated rings. The van der Waals surface area contributed by atoms with Crippen LogP contribution in [0.15, 0.2) is 30.3 Å². The van der Waals surface area contributed by atoms with E-state index in [1.165, 1.54) is 25.3 Å². The number of aliphatic hydroxyl groups is 1. The normalized spacial score (nSPS) is 12.4. The Morgan fingerprint density at radius 1 is 1.23 bits per heavy atom. The van der Waals surface area contributed by atoms with E-state index in [9.17, 15) is 9.50 Å². The number of rotatable bonds is 5. The van der Waals surface area contributed by atoms with Gasteiger partial charge >= 0.3 is 0 Å². The Labute approximate surface area is 133 Å². The highest BCUT2D eigenvalue weighted by Gasteiger charge is 2.24. The van der Waals surface area contributed by atoms with Gasteiger partial charge in [0.2, 0.25) is 0 Å². The summed E-state index contributed by atoms with van der Waals surface area (Å²) >= 11 is 6.17. The van der Waals surface area contributed by atoms with Crippen LogP contribution in [-0.2, 0) is 17.8 Å². The number of hydrogen-bond acceptors (Lipinski definition) is 3. The van der Waals surface area contributed by atoms with E-state index in [1.54, 1.807) is 6.07 Å². The lowest BCUT2D eigenvalue weighted by atomic mass is 9.97. The molecule has 0 aromatic heterocycles. The molecule has 1 unspecified atom stereocenters. The van der Waals surface area contributed by atoms with Gasteiger partial charge in [-0.3, -0.25) is 0 Å². The molecule has 0 aliphatic carbocycles.